The third kappa shape index (κ3) is 2.28. The lowest BCUT2D eigenvalue weighted by atomic mass is 10.0. The molecular formula is C14H16N2O3. The van der Waals surface area contributed by atoms with Gasteiger partial charge in [-0.2, -0.15) is 0 Å². The van der Waals surface area contributed by atoms with E-state index < -0.39 is 0 Å². The van der Waals surface area contributed by atoms with Gasteiger partial charge in [0.1, 0.15) is 5.75 Å². The SMILES string of the molecule is O=C(c1ccc2c(c1)CCO2)N1CCC(=NO)CC1. The Hall–Kier alpha value is -2.04. The van der Waals surface area contributed by atoms with Crippen LogP contribution in [-0.2, 0) is 6.42 Å². The van der Waals surface area contributed by atoms with E-state index in [9.17, 15) is 4.79 Å². The molecule has 2 aliphatic rings. The average molecular weight is 260 g/mol. The fourth-order valence-electron chi connectivity index (χ4n) is 2.57. The fraction of sp³-hybridized carbons (Fsp3) is 0.429. The van der Waals surface area contributed by atoms with E-state index in [0.29, 0.717) is 38.1 Å². The van der Waals surface area contributed by atoms with Gasteiger partial charge in [-0.05, 0) is 23.8 Å². The molecule has 1 aromatic carbocycles. The monoisotopic (exact) mass is 260 g/mol. The van der Waals surface area contributed by atoms with Gasteiger partial charge in [0.05, 0.1) is 12.3 Å². The van der Waals surface area contributed by atoms with Crippen LogP contribution >= 0.6 is 0 Å². The lowest BCUT2D eigenvalue weighted by Gasteiger charge is -2.27. The second-order valence-electron chi connectivity index (χ2n) is 4.88. The van der Waals surface area contributed by atoms with Crippen molar-refractivity contribution in [2.75, 3.05) is 19.7 Å². The smallest absolute Gasteiger partial charge is 0.253 e. The maximum absolute atomic E-state index is 12.4. The normalized spacial score (nSPS) is 17.9. The number of piperidine rings is 1. The van der Waals surface area contributed by atoms with Crippen molar-refractivity contribution in [3.63, 3.8) is 0 Å². The fourth-order valence-corrected chi connectivity index (χ4v) is 2.57. The second-order valence-corrected chi connectivity index (χ2v) is 4.88. The van der Waals surface area contributed by atoms with Crippen LogP contribution in [0.5, 0.6) is 5.75 Å². The number of oxime groups is 1. The summed E-state index contributed by atoms with van der Waals surface area (Å²) in [5, 5.41) is 11.9. The van der Waals surface area contributed by atoms with Gasteiger partial charge in [-0.3, -0.25) is 4.79 Å². The van der Waals surface area contributed by atoms with Crippen LogP contribution in [0.15, 0.2) is 23.4 Å². The predicted octanol–water partition coefficient (Wildman–Crippen LogP) is 1.69. The summed E-state index contributed by atoms with van der Waals surface area (Å²) in [5.74, 6) is 0.941. The number of nitrogens with zero attached hydrogens (tertiary/aromatic N) is 2. The number of fused-ring (bicyclic) bond motifs is 1. The summed E-state index contributed by atoms with van der Waals surface area (Å²) >= 11 is 0. The molecule has 0 saturated carbocycles. The molecule has 0 radical (unpaired) electrons. The van der Waals surface area contributed by atoms with Crippen LogP contribution < -0.4 is 4.74 Å². The van der Waals surface area contributed by atoms with Gasteiger partial charge < -0.3 is 14.8 Å². The van der Waals surface area contributed by atoms with Crippen LogP contribution in [0.3, 0.4) is 0 Å². The van der Waals surface area contributed by atoms with Crippen LogP contribution in [0.4, 0.5) is 0 Å². The van der Waals surface area contributed by atoms with Crippen LogP contribution in [-0.4, -0.2) is 41.4 Å². The molecule has 5 nitrogen and oxygen atoms in total. The molecule has 19 heavy (non-hydrogen) atoms. The number of likely N-dealkylation sites (tertiary alicyclic amines) is 1. The van der Waals surface area contributed by atoms with E-state index in [4.69, 9.17) is 9.94 Å². The first-order valence-corrected chi connectivity index (χ1v) is 6.53. The number of carbonyl (C=O) groups is 1. The van der Waals surface area contributed by atoms with Crippen molar-refractivity contribution in [2.45, 2.75) is 19.3 Å². The Morgan fingerprint density at radius 3 is 2.79 bits per heavy atom. The van der Waals surface area contributed by atoms with Crippen molar-refractivity contribution in [3.8, 4) is 5.75 Å². The van der Waals surface area contributed by atoms with E-state index in [-0.39, 0.29) is 5.91 Å². The zero-order valence-electron chi connectivity index (χ0n) is 10.6. The van der Waals surface area contributed by atoms with Gasteiger partial charge in [-0.1, -0.05) is 5.16 Å². The summed E-state index contributed by atoms with van der Waals surface area (Å²) in [6, 6.07) is 5.63. The van der Waals surface area contributed by atoms with Gasteiger partial charge in [0.25, 0.3) is 5.91 Å². The third-order valence-electron chi connectivity index (χ3n) is 3.71. The summed E-state index contributed by atoms with van der Waals surface area (Å²) in [5.41, 5.74) is 2.60. The number of hydrogen-bond acceptors (Lipinski definition) is 4. The van der Waals surface area contributed by atoms with Crippen LogP contribution in [0, 0.1) is 0 Å². The van der Waals surface area contributed by atoms with Crippen LogP contribution in [0.2, 0.25) is 0 Å². The Bertz CT molecular complexity index is 529. The molecule has 5 heteroatoms. The minimum Gasteiger partial charge on any atom is -0.493 e. The molecule has 2 aliphatic heterocycles. The quantitative estimate of drug-likeness (QED) is 0.617. The minimum atomic E-state index is 0.0479. The maximum Gasteiger partial charge on any atom is 0.253 e. The Kier molecular flexibility index (Phi) is 3.11. The number of amides is 1. The molecule has 0 aromatic heterocycles. The summed E-state index contributed by atoms with van der Waals surface area (Å²) in [6.07, 6.45) is 2.17. The number of hydrogen-bond donors (Lipinski definition) is 1. The van der Waals surface area contributed by atoms with Crippen LogP contribution in [0.25, 0.3) is 0 Å². The van der Waals surface area contributed by atoms with Gasteiger partial charge in [0.2, 0.25) is 0 Å². The molecule has 1 N–H and O–H groups in total. The third-order valence-corrected chi connectivity index (χ3v) is 3.71. The van der Waals surface area contributed by atoms with E-state index in [1.165, 1.54) is 0 Å². The summed E-state index contributed by atoms with van der Waals surface area (Å²) < 4.78 is 5.44. The van der Waals surface area contributed by atoms with E-state index in [2.05, 4.69) is 5.16 Å². The molecular weight excluding hydrogens is 244 g/mol. The Morgan fingerprint density at radius 2 is 2.05 bits per heavy atom. The van der Waals surface area contributed by atoms with E-state index >= 15 is 0 Å². The molecule has 1 amide bonds. The van der Waals surface area contributed by atoms with Crippen molar-refractivity contribution in [1.82, 2.24) is 4.90 Å². The Labute approximate surface area is 111 Å². The van der Waals surface area contributed by atoms with Crippen molar-refractivity contribution < 1.29 is 14.7 Å². The zero-order chi connectivity index (χ0) is 13.2. The second kappa shape index (κ2) is 4.91. The topological polar surface area (TPSA) is 62.1 Å². The van der Waals surface area contributed by atoms with Crippen molar-refractivity contribution >= 4 is 11.6 Å². The molecule has 3 rings (SSSR count). The predicted molar refractivity (Wildman–Crippen MR) is 70.0 cm³/mol. The molecule has 1 fully saturated rings. The lowest BCUT2D eigenvalue weighted by Crippen LogP contribution is -2.38. The summed E-state index contributed by atoms with van der Waals surface area (Å²) in [4.78, 5) is 14.2. The highest BCUT2D eigenvalue weighted by molar-refractivity contribution is 5.96. The maximum atomic E-state index is 12.4. The van der Waals surface area contributed by atoms with E-state index in [1.807, 2.05) is 23.1 Å². The first kappa shape index (κ1) is 12.0. The molecule has 100 valence electrons. The largest absolute Gasteiger partial charge is 0.493 e. The highest BCUT2D eigenvalue weighted by atomic mass is 16.5. The Morgan fingerprint density at radius 1 is 1.26 bits per heavy atom. The summed E-state index contributed by atoms with van der Waals surface area (Å²) in [7, 11) is 0. The summed E-state index contributed by atoms with van der Waals surface area (Å²) in [6.45, 7) is 1.94. The molecule has 0 aliphatic carbocycles. The number of rotatable bonds is 1. The van der Waals surface area contributed by atoms with Crippen molar-refractivity contribution in [1.29, 1.82) is 0 Å². The molecule has 0 unspecified atom stereocenters. The standard InChI is InChI=1S/C14H16N2O3/c17-14(16-6-3-12(15-18)4-7-16)11-1-2-13-10(9-11)5-8-19-13/h1-2,9,18H,3-8H2. The number of benzene rings is 1. The molecule has 2 heterocycles. The average Bonchev–Trinajstić information content (AvgIpc) is 2.94. The van der Waals surface area contributed by atoms with Gasteiger partial charge >= 0.3 is 0 Å². The first-order chi connectivity index (χ1) is 9.28. The van der Waals surface area contributed by atoms with Gasteiger partial charge in [-0.15, -0.1) is 0 Å². The van der Waals surface area contributed by atoms with Crippen LogP contribution in [0.1, 0.15) is 28.8 Å². The number of ether oxygens (including phenoxy) is 1. The van der Waals surface area contributed by atoms with Crippen molar-refractivity contribution in [2.24, 2.45) is 5.16 Å². The molecule has 0 bridgehead atoms. The lowest BCUT2D eigenvalue weighted by molar-refractivity contribution is 0.0753. The highest BCUT2D eigenvalue weighted by Crippen LogP contribution is 2.26. The molecule has 1 aromatic rings. The molecule has 0 atom stereocenters. The molecule has 1 saturated heterocycles. The van der Waals surface area contributed by atoms with E-state index in [1.54, 1.807) is 0 Å². The van der Waals surface area contributed by atoms with E-state index in [0.717, 1.165) is 23.4 Å². The van der Waals surface area contributed by atoms with Crippen molar-refractivity contribution in [3.05, 3.63) is 29.3 Å². The highest BCUT2D eigenvalue weighted by Gasteiger charge is 2.22. The first-order valence-electron chi connectivity index (χ1n) is 6.53. The minimum absolute atomic E-state index is 0.0479. The number of carbonyl (C=O) groups excluding carboxylic acids is 1. The Balaban J connectivity index is 1.74. The van der Waals surface area contributed by atoms with Gasteiger partial charge in [-0.25, -0.2) is 0 Å². The zero-order valence-corrected chi connectivity index (χ0v) is 10.6. The molecule has 0 spiro atoms. The van der Waals surface area contributed by atoms with Gasteiger partial charge in [0, 0.05) is 37.9 Å². The van der Waals surface area contributed by atoms with Gasteiger partial charge in [0.15, 0.2) is 0 Å².